The molecule has 1 aromatic heterocycles. The summed E-state index contributed by atoms with van der Waals surface area (Å²) in [5.41, 5.74) is 2.85. The fraction of sp³-hybridized carbons (Fsp3) is 0.545. The van der Waals surface area contributed by atoms with Crippen LogP contribution in [0.3, 0.4) is 0 Å². The van der Waals surface area contributed by atoms with Crippen LogP contribution in [0.4, 0.5) is 0 Å². The minimum Gasteiger partial charge on any atom is -0.349 e. The molecule has 0 saturated carbocycles. The molecule has 1 fully saturated rings. The third kappa shape index (κ3) is 4.34. The van der Waals surface area contributed by atoms with Crippen LogP contribution in [0.15, 0.2) is 29.2 Å². The van der Waals surface area contributed by atoms with Gasteiger partial charge < -0.3 is 5.32 Å². The molecule has 1 atom stereocenters. The number of hydrogen-bond donors (Lipinski definition) is 1. The van der Waals surface area contributed by atoms with Crippen molar-refractivity contribution in [2.75, 3.05) is 17.8 Å². The second kappa shape index (κ2) is 7.69. The average molecular weight is 480 g/mol. The van der Waals surface area contributed by atoms with E-state index >= 15 is 0 Å². The van der Waals surface area contributed by atoms with Gasteiger partial charge in [-0.25, -0.2) is 16.8 Å². The van der Waals surface area contributed by atoms with E-state index in [2.05, 4.69) is 5.32 Å². The topological polar surface area (TPSA) is 115 Å². The molecule has 2 aromatic rings. The third-order valence-corrected chi connectivity index (χ3v) is 9.46. The number of carbonyl (C=O) groups is 1. The first-order valence-corrected chi connectivity index (χ1v) is 14.4. The Morgan fingerprint density at radius 3 is 2.56 bits per heavy atom. The van der Waals surface area contributed by atoms with E-state index in [1.54, 1.807) is 25.1 Å². The molecule has 2 aliphatic rings. The highest BCUT2D eigenvalue weighted by Gasteiger charge is 2.46. The van der Waals surface area contributed by atoms with E-state index in [9.17, 15) is 21.6 Å². The number of aromatic nitrogens is 2. The van der Waals surface area contributed by atoms with Crippen molar-refractivity contribution in [2.24, 2.45) is 5.92 Å². The molecule has 1 aliphatic heterocycles. The Labute approximate surface area is 189 Å². The van der Waals surface area contributed by atoms with Gasteiger partial charge in [0.1, 0.15) is 0 Å². The van der Waals surface area contributed by atoms with Gasteiger partial charge in [-0.1, -0.05) is 12.1 Å². The predicted molar refractivity (Wildman–Crippen MR) is 122 cm³/mol. The van der Waals surface area contributed by atoms with Gasteiger partial charge in [0.05, 0.1) is 27.6 Å². The summed E-state index contributed by atoms with van der Waals surface area (Å²) < 4.78 is 49.1. The van der Waals surface area contributed by atoms with Gasteiger partial charge in [-0.15, -0.1) is 0 Å². The zero-order valence-corrected chi connectivity index (χ0v) is 20.4. The lowest BCUT2D eigenvalue weighted by molar-refractivity contribution is -0.126. The summed E-state index contributed by atoms with van der Waals surface area (Å²) in [6.07, 6.45) is 2.98. The van der Waals surface area contributed by atoms with E-state index in [-0.39, 0.29) is 34.3 Å². The summed E-state index contributed by atoms with van der Waals surface area (Å²) in [6, 6.07) is 6.88. The maximum absolute atomic E-state index is 12.9. The van der Waals surface area contributed by atoms with Crippen LogP contribution in [-0.2, 0) is 37.3 Å². The first-order chi connectivity index (χ1) is 14.8. The van der Waals surface area contributed by atoms with Crippen LogP contribution in [0.25, 0.3) is 11.3 Å². The molecule has 174 valence electrons. The minimum atomic E-state index is -3.34. The molecule has 8 nitrogen and oxygen atoms in total. The van der Waals surface area contributed by atoms with Crippen molar-refractivity contribution < 1.29 is 21.6 Å². The van der Waals surface area contributed by atoms with Crippen molar-refractivity contribution in [1.82, 2.24) is 15.1 Å². The quantitative estimate of drug-likeness (QED) is 0.701. The van der Waals surface area contributed by atoms with E-state index < -0.39 is 25.2 Å². The highest BCUT2D eigenvalue weighted by atomic mass is 32.2. The zero-order chi connectivity index (χ0) is 23.5. The van der Waals surface area contributed by atoms with Gasteiger partial charge in [-0.2, -0.15) is 5.10 Å². The molecule has 1 aliphatic carbocycles. The number of hydrogen-bond acceptors (Lipinski definition) is 6. The lowest BCUT2D eigenvalue weighted by atomic mass is 9.84. The van der Waals surface area contributed by atoms with Crippen LogP contribution in [0.5, 0.6) is 0 Å². The Morgan fingerprint density at radius 1 is 1.28 bits per heavy atom. The second-order valence-electron chi connectivity index (χ2n) is 9.63. The number of amides is 1. The molecule has 2 heterocycles. The smallest absolute Gasteiger partial charge is 0.223 e. The van der Waals surface area contributed by atoms with Crippen molar-refractivity contribution in [2.45, 2.75) is 56.5 Å². The minimum absolute atomic E-state index is 0.0194. The molecule has 4 rings (SSSR count). The van der Waals surface area contributed by atoms with Gasteiger partial charge in [-0.05, 0) is 45.7 Å². The van der Waals surface area contributed by atoms with Crippen LogP contribution < -0.4 is 5.32 Å². The number of fused-ring (bicyclic) bond motifs is 1. The highest BCUT2D eigenvalue weighted by molar-refractivity contribution is 7.93. The summed E-state index contributed by atoms with van der Waals surface area (Å²) in [6.45, 7) is 5.81. The number of benzene rings is 1. The summed E-state index contributed by atoms with van der Waals surface area (Å²) >= 11 is 0. The van der Waals surface area contributed by atoms with Crippen LogP contribution >= 0.6 is 0 Å². The standard InChI is InChI=1S/C22H29N3O5S2/c1-14(2)25-19-11-16(21(26)23-22(3)12-32(29,30)13-22)8-9-18(19)20(24-25)15-6-5-7-17(10-15)31(4,27)28/h5-7,10,14,16H,8-9,11-13H2,1-4H3,(H,23,26). The number of nitrogens with zero attached hydrogens (tertiary/aromatic N) is 2. The van der Waals surface area contributed by atoms with Gasteiger partial charge in [0.2, 0.25) is 5.91 Å². The summed E-state index contributed by atoms with van der Waals surface area (Å²) in [5, 5.41) is 7.76. The molecule has 10 heteroatoms. The molecule has 0 spiro atoms. The van der Waals surface area contributed by atoms with Crippen molar-refractivity contribution >= 4 is 25.6 Å². The SMILES string of the molecule is CC(C)n1nc(-c2cccc(S(C)(=O)=O)c2)c2c1CC(C(=O)NC1(C)CS(=O)(=O)C1)CC2. The monoisotopic (exact) mass is 479 g/mol. The van der Waals surface area contributed by atoms with Gasteiger partial charge in [-0.3, -0.25) is 9.48 Å². The molecule has 1 saturated heterocycles. The molecule has 32 heavy (non-hydrogen) atoms. The maximum Gasteiger partial charge on any atom is 0.223 e. The molecule has 0 bridgehead atoms. The molecule has 1 amide bonds. The van der Waals surface area contributed by atoms with Crippen LogP contribution in [-0.4, -0.2) is 55.8 Å². The van der Waals surface area contributed by atoms with E-state index in [0.717, 1.165) is 22.5 Å². The molecule has 1 unspecified atom stereocenters. The summed E-state index contributed by atoms with van der Waals surface area (Å²) in [5.74, 6) is -0.416. The van der Waals surface area contributed by atoms with Gasteiger partial charge in [0.25, 0.3) is 0 Å². The Morgan fingerprint density at radius 2 is 1.97 bits per heavy atom. The van der Waals surface area contributed by atoms with Crippen molar-refractivity contribution in [3.63, 3.8) is 0 Å². The average Bonchev–Trinajstić information content (AvgIpc) is 3.04. The van der Waals surface area contributed by atoms with E-state index in [1.807, 2.05) is 24.6 Å². The third-order valence-electron chi connectivity index (χ3n) is 6.20. The lowest BCUT2D eigenvalue weighted by Gasteiger charge is -2.39. The van der Waals surface area contributed by atoms with Gasteiger partial charge in [0, 0.05) is 41.5 Å². The number of nitrogens with one attached hydrogen (secondary N) is 1. The molecule has 1 N–H and O–H groups in total. The Kier molecular flexibility index (Phi) is 5.52. The number of sulfone groups is 2. The van der Waals surface area contributed by atoms with Crippen molar-refractivity contribution in [3.05, 3.63) is 35.5 Å². The number of carbonyl (C=O) groups excluding carboxylic acids is 1. The molecule has 0 radical (unpaired) electrons. The van der Waals surface area contributed by atoms with E-state index in [0.29, 0.717) is 19.3 Å². The fourth-order valence-corrected chi connectivity index (χ4v) is 7.46. The normalized spacial score (nSPS) is 21.6. The predicted octanol–water partition coefficient (Wildman–Crippen LogP) is 1.94. The van der Waals surface area contributed by atoms with Crippen LogP contribution in [0.1, 0.15) is 44.5 Å². The van der Waals surface area contributed by atoms with Crippen LogP contribution in [0, 0.1) is 5.92 Å². The molecule has 1 aromatic carbocycles. The van der Waals surface area contributed by atoms with Gasteiger partial charge >= 0.3 is 0 Å². The Bertz CT molecular complexity index is 1280. The zero-order valence-electron chi connectivity index (χ0n) is 18.8. The van der Waals surface area contributed by atoms with Crippen LogP contribution in [0.2, 0.25) is 0 Å². The second-order valence-corrected chi connectivity index (χ2v) is 13.7. The van der Waals surface area contributed by atoms with E-state index in [4.69, 9.17) is 5.10 Å². The summed E-state index contributed by atoms with van der Waals surface area (Å²) in [4.78, 5) is 13.2. The summed E-state index contributed by atoms with van der Waals surface area (Å²) in [7, 11) is -6.38. The molecular weight excluding hydrogens is 450 g/mol. The Balaban J connectivity index is 1.63. The lowest BCUT2D eigenvalue weighted by Crippen LogP contribution is -2.64. The largest absolute Gasteiger partial charge is 0.349 e. The van der Waals surface area contributed by atoms with Crippen molar-refractivity contribution in [1.29, 1.82) is 0 Å². The van der Waals surface area contributed by atoms with Crippen molar-refractivity contribution in [3.8, 4) is 11.3 Å². The molecular formula is C22H29N3O5S2. The first-order valence-electron chi connectivity index (χ1n) is 10.7. The first kappa shape index (κ1) is 23.0. The van der Waals surface area contributed by atoms with Gasteiger partial charge in [0.15, 0.2) is 19.7 Å². The number of rotatable bonds is 5. The fourth-order valence-electron chi connectivity index (χ4n) is 4.79. The highest BCUT2D eigenvalue weighted by Crippen LogP contribution is 2.36. The Hall–Kier alpha value is -2.20. The van der Waals surface area contributed by atoms with E-state index in [1.165, 1.54) is 6.26 Å². The maximum atomic E-state index is 12.9.